The van der Waals surface area contributed by atoms with E-state index in [-0.39, 0.29) is 5.15 Å². The number of ether oxygens (including phenoxy) is 1. The maximum Gasteiger partial charge on any atom is 0.351 e. The van der Waals surface area contributed by atoms with Crippen molar-refractivity contribution in [1.82, 2.24) is 15.0 Å². The van der Waals surface area contributed by atoms with Crippen molar-refractivity contribution in [3.8, 4) is 0 Å². The van der Waals surface area contributed by atoms with Gasteiger partial charge in [-0.25, -0.2) is 14.8 Å². The van der Waals surface area contributed by atoms with Crippen LogP contribution in [-0.4, -0.2) is 34.6 Å². The molecule has 0 fully saturated rings. The third-order valence-corrected chi connectivity index (χ3v) is 4.41. The van der Waals surface area contributed by atoms with E-state index in [0.717, 1.165) is 16.9 Å². The molecule has 0 aliphatic carbocycles. The fraction of sp³-hybridized carbons (Fsp3) is 0.214. The average molecular weight is 337 g/mol. The monoisotopic (exact) mass is 336 g/mol. The first kappa shape index (κ1) is 14.8. The van der Waals surface area contributed by atoms with E-state index in [1.54, 1.807) is 0 Å². The molecule has 6 nitrogen and oxygen atoms in total. The summed E-state index contributed by atoms with van der Waals surface area (Å²) in [7, 11) is 1.31. The van der Waals surface area contributed by atoms with Gasteiger partial charge in [-0.2, -0.15) is 0 Å². The lowest BCUT2D eigenvalue weighted by molar-refractivity contribution is 0.0606. The van der Waals surface area contributed by atoms with Crippen LogP contribution in [0.1, 0.15) is 15.5 Å². The number of halogens is 1. The summed E-state index contributed by atoms with van der Waals surface area (Å²) < 4.78 is 4.64. The number of esters is 1. The van der Waals surface area contributed by atoms with Crippen molar-refractivity contribution in [2.75, 3.05) is 19.0 Å². The molecule has 3 aromatic rings. The Hall–Kier alpha value is -2.12. The molecule has 0 amide bonds. The van der Waals surface area contributed by atoms with Gasteiger partial charge in [-0.15, -0.1) is 0 Å². The Bertz CT molecular complexity index is 781. The number of H-pyrrole nitrogens is 1. The molecular weight excluding hydrogens is 324 g/mol. The van der Waals surface area contributed by atoms with Gasteiger partial charge in [0.25, 0.3) is 0 Å². The second-order valence-electron chi connectivity index (χ2n) is 4.51. The van der Waals surface area contributed by atoms with Crippen LogP contribution in [0.3, 0.4) is 0 Å². The van der Waals surface area contributed by atoms with Crippen LogP contribution in [-0.2, 0) is 11.2 Å². The summed E-state index contributed by atoms with van der Waals surface area (Å²) in [5.41, 5.74) is 1.96. The number of para-hydroxylation sites is 2. The number of hydrogen-bond acceptors (Lipinski definition) is 6. The van der Waals surface area contributed by atoms with Gasteiger partial charge in [-0.1, -0.05) is 35.1 Å². The third-order valence-electron chi connectivity index (χ3n) is 3.03. The number of benzene rings is 1. The molecule has 0 radical (unpaired) electrons. The van der Waals surface area contributed by atoms with Gasteiger partial charge in [-0.3, -0.25) is 0 Å². The van der Waals surface area contributed by atoms with Gasteiger partial charge in [-0.05, 0) is 12.1 Å². The van der Waals surface area contributed by atoms with E-state index in [1.165, 1.54) is 18.4 Å². The summed E-state index contributed by atoms with van der Waals surface area (Å²) in [5, 5.41) is 3.87. The van der Waals surface area contributed by atoms with Gasteiger partial charge in [0, 0.05) is 13.0 Å². The molecule has 0 unspecified atom stereocenters. The number of fused-ring (bicyclic) bond motifs is 1. The maximum atomic E-state index is 11.5. The van der Waals surface area contributed by atoms with E-state index >= 15 is 0 Å². The molecule has 0 aliphatic rings. The number of nitrogens with one attached hydrogen (secondary N) is 2. The molecule has 8 heteroatoms. The lowest BCUT2D eigenvalue weighted by Gasteiger charge is -1.99. The van der Waals surface area contributed by atoms with Gasteiger partial charge < -0.3 is 15.0 Å². The molecule has 2 N–H and O–H groups in total. The van der Waals surface area contributed by atoms with Crippen molar-refractivity contribution in [3.05, 3.63) is 40.1 Å². The van der Waals surface area contributed by atoms with Crippen molar-refractivity contribution in [1.29, 1.82) is 0 Å². The molecule has 2 heterocycles. The number of nitrogens with zero attached hydrogens (tertiary/aromatic N) is 2. The van der Waals surface area contributed by atoms with Gasteiger partial charge in [0.15, 0.2) is 15.2 Å². The zero-order chi connectivity index (χ0) is 15.5. The Morgan fingerprint density at radius 1 is 1.41 bits per heavy atom. The highest BCUT2D eigenvalue weighted by molar-refractivity contribution is 7.18. The number of aromatic amines is 1. The minimum atomic E-state index is -0.479. The molecular formula is C14H13ClN4O2S. The predicted octanol–water partition coefficient (Wildman–Crippen LogP) is 3.11. The first-order valence-electron chi connectivity index (χ1n) is 6.59. The summed E-state index contributed by atoms with van der Waals surface area (Å²) in [4.78, 5) is 23.6. The van der Waals surface area contributed by atoms with E-state index < -0.39 is 5.97 Å². The first-order valence-corrected chi connectivity index (χ1v) is 7.79. The molecule has 3 rings (SSSR count). The van der Waals surface area contributed by atoms with Crippen LogP contribution in [0.2, 0.25) is 5.15 Å². The van der Waals surface area contributed by atoms with E-state index in [4.69, 9.17) is 11.6 Å². The van der Waals surface area contributed by atoms with Crippen molar-refractivity contribution in [2.45, 2.75) is 6.42 Å². The first-order chi connectivity index (χ1) is 10.7. The van der Waals surface area contributed by atoms with Crippen LogP contribution in [0, 0.1) is 0 Å². The van der Waals surface area contributed by atoms with E-state index in [9.17, 15) is 4.79 Å². The Morgan fingerprint density at radius 3 is 3.00 bits per heavy atom. The molecule has 0 atom stereocenters. The van der Waals surface area contributed by atoms with Gasteiger partial charge in [0.1, 0.15) is 5.82 Å². The number of hydrogen-bond donors (Lipinski definition) is 2. The molecule has 0 saturated carbocycles. The van der Waals surface area contributed by atoms with Crippen LogP contribution < -0.4 is 5.32 Å². The highest BCUT2D eigenvalue weighted by Gasteiger charge is 2.17. The summed E-state index contributed by atoms with van der Waals surface area (Å²) in [5.74, 6) is 0.414. The Balaban J connectivity index is 1.62. The lowest BCUT2D eigenvalue weighted by Crippen LogP contribution is -2.05. The van der Waals surface area contributed by atoms with Crippen molar-refractivity contribution >= 4 is 45.1 Å². The number of carbonyl (C=O) groups excluding carboxylic acids is 1. The Morgan fingerprint density at radius 2 is 2.23 bits per heavy atom. The molecule has 1 aromatic carbocycles. The number of methoxy groups -OCH3 is 1. The largest absolute Gasteiger partial charge is 0.465 e. The van der Waals surface area contributed by atoms with Crippen LogP contribution in [0.15, 0.2) is 24.3 Å². The summed E-state index contributed by atoms with van der Waals surface area (Å²) in [6.07, 6.45) is 0.708. The average Bonchev–Trinajstić information content (AvgIpc) is 3.09. The van der Waals surface area contributed by atoms with Gasteiger partial charge in [0.05, 0.1) is 18.1 Å². The smallest absolute Gasteiger partial charge is 0.351 e. The van der Waals surface area contributed by atoms with E-state index in [0.29, 0.717) is 23.0 Å². The summed E-state index contributed by atoms with van der Waals surface area (Å²) >= 11 is 7.08. The molecule has 2 aromatic heterocycles. The van der Waals surface area contributed by atoms with Crippen molar-refractivity contribution in [3.63, 3.8) is 0 Å². The minimum Gasteiger partial charge on any atom is -0.465 e. The number of imidazole rings is 1. The van der Waals surface area contributed by atoms with Crippen LogP contribution in [0.25, 0.3) is 11.0 Å². The minimum absolute atomic E-state index is 0.156. The zero-order valence-corrected chi connectivity index (χ0v) is 13.3. The van der Waals surface area contributed by atoms with Crippen LogP contribution in [0.5, 0.6) is 0 Å². The summed E-state index contributed by atoms with van der Waals surface area (Å²) in [6, 6.07) is 7.88. The number of thiazole rings is 1. The fourth-order valence-corrected chi connectivity index (χ4v) is 3.14. The number of rotatable bonds is 5. The standard InChI is InChI=1S/C14H13ClN4O2S/c1-21-13(20)11-12(15)19-14(22-11)16-7-6-10-17-8-4-2-3-5-9(8)18-10/h2-5H,6-7H2,1H3,(H,16,19)(H,17,18). The van der Waals surface area contributed by atoms with Gasteiger partial charge in [0.2, 0.25) is 0 Å². The Labute approximate surface area is 135 Å². The number of aromatic nitrogens is 3. The summed E-state index contributed by atoms with van der Waals surface area (Å²) in [6.45, 7) is 0.629. The molecule has 0 spiro atoms. The second kappa shape index (κ2) is 6.33. The third kappa shape index (κ3) is 3.05. The maximum absolute atomic E-state index is 11.5. The fourth-order valence-electron chi connectivity index (χ4n) is 2.01. The quantitative estimate of drug-likeness (QED) is 0.700. The molecule has 0 saturated heterocycles. The highest BCUT2D eigenvalue weighted by atomic mass is 35.5. The Kier molecular flexibility index (Phi) is 4.26. The normalized spacial score (nSPS) is 10.8. The van der Waals surface area contributed by atoms with Gasteiger partial charge >= 0.3 is 5.97 Å². The second-order valence-corrected chi connectivity index (χ2v) is 5.87. The molecule has 0 aliphatic heterocycles. The van der Waals surface area contributed by atoms with Crippen LogP contribution in [0.4, 0.5) is 5.13 Å². The van der Waals surface area contributed by atoms with E-state index in [2.05, 4.69) is 25.0 Å². The molecule has 0 bridgehead atoms. The number of carbonyl (C=O) groups is 1. The highest BCUT2D eigenvalue weighted by Crippen LogP contribution is 2.27. The molecule has 22 heavy (non-hydrogen) atoms. The SMILES string of the molecule is COC(=O)c1sc(NCCc2nc3ccccc3[nH]2)nc1Cl. The topological polar surface area (TPSA) is 79.9 Å². The van der Waals surface area contributed by atoms with Crippen molar-refractivity contribution < 1.29 is 9.53 Å². The van der Waals surface area contributed by atoms with Crippen LogP contribution >= 0.6 is 22.9 Å². The van der Waals surface area contributed by atoms with Crippen molar-refractivity contribution in [2.24, 2.45) is 0 Å². The zero-order valence-electron chi connectivity index (χ0n) is 11.7. The molecule has 114 valence electrons. The van der Waals surface area contributed by atoms with E-state index in [1.807, 2.05) is 24.3 Å². The predicted molar refractivity (Wildman–Crippen MR) is 86.8 cm³/mol. The lowest BCUT2D eigenvalue weighted by atomic mass is 10.3. The number of anilines is 1.